The molecular weight excluding hydrogens is 292 g/mol. The lowest BCUT2D eigenvalue weighted by molar-refractivity contribution is -0.136. The fourth-order valence-electron chi connectivity index (χ4n) is 1.69. The fraction of sp³-hybridized carbons (Fsp3) is 0.0769. The summed E-state index contributed by atoms with van der Waals surface area (Å²) in [5.41, 5.74) is 0.775. The molecule has 2 aromatic rings. The van der Waals surface area contributed by atoms with Gasteiger partial charge in [-0.15, -0.1) is 0 Å². The summed E-state index contributed by atoms with van der Waals surface area (Å²) < 4.78 is 13.8. The van der Waals surface area contributed by atoms with Gasteiger partial charge in [0.25, 0.3) is 0 Å². The second-order valence-corrected chi connectivity index (χ2v) is 4.66. The van der Waals surface area contributed by atoms with Crippen LogP contribution in [0.3, 0.4) is 0 Å². The molecule has 0 spiro atoms. The number of halogens is 3. The maximum absolute atomic E-state index is 13.8. The zero-order valence-corrected chi connectivity index (χ0v) is 11.0. The van der Waals surface area contributed by atoms with Gasteiger partial charge in [0.15, 0.2) is 0 Å². The molecule has 0 saturated heterocycles. The van der Waals surface area contributed by atoms with Crippen molar-refractivity contribution in [2.45, 2.75) is 6.42 Å². The minimum absolute atomic E-state index is 0.0920. The van der Waals surface area contributed by atoms with E-state index < -0.39 is 11.9 Å². The molecule has 0 aliphatic carbocycles. The smallest absolute Gasteiger partial charge is 0.307 e. The molecule has 0 atom stereocenters. The van der Waals surface area contributed by atoms with Gasteiger partial charge < -0.3 is 5.11 Å². The standard InChI is InChI=1S/C13H8Cl2FNO2/c14-9-2-1-3-10(15)12(9)8-4-7(5-11(18)19)6-17-13(8)16/h1-4,6H,5H2,(H,18,19). The van der Waals surface area contributed by atoms with E-state index in [9.17, 15) is 9.18 Å². The lowest BCUT2D eigenvalue weighted by Gasteiger charge is -2.09. The zero-order valence-electron chi connectivity index (χ0n) is 9.53. The Labute approximate surface area is 118 Å². The summed E-state index contributed by atoms with van der Waals surface area (Å²) in [6, 6.07) is 6.18. The van der Waals surface area contributed by atoms with Crippen LogP contribution in [0.5, 0.6) is 0 Å². The van der Waals surface area contributed by atoms with E-state index in [0.717, 1.165) is 0 Å². The number of pyridine rings is 1. The normalized spacial score (nSPS) is 10.5. The van der Waals surface area contributed by atoms with Crippen molar-refractivity contribution in [3.05, 3.63) is 52.0 Å². The largest absolute Gasteiger partial charge is 0.481 e. The van der Waals surface area contributed by atoms with Crippen LogP contribution >= 0.6 is 23.2 Å². The van der Waals surface area contributed by atoms with E-state index in [0.29, 0.717) is 11.1 Å². The van der Waals surface area contributed by atoms with Crippen LogP contribution in [0.1, 0.15) is 5.56 Å². The molecule has 0 radical (unpaired) electrons. The van der Waals surface area contributed by atoms with Crippen molar-refractivity contribution in [3.63, 3.8) is 0 Å². The van der Waals surface area contributed by atoms with Crippen molar-refractivity contribution >= 4 is 29.2 Å². The Morgan fingerprint density at radius 1 is 1.32 bits per heavy atom. The number of hydrogen-bond donors (Lipinski definition) is 1. The molecule has 6 heteroatoms. The van der Waals surface area contributed by atoms with Crippen LogP contribution in [0.15, 0.2) is 30.5 Å². The lowest BCUT2D eigenvalue weighted by Crippen LogP contribution is -2.02. The number of hydrogen-bond acceptors (Lipinski definition) is 2. The Balaban J connectivity index is 2.58. The maximum atomic E-state index is 13.8. The molecule has 1 N–H and O–H groups in total. The van der Waals surface area contributed by atoms with E-state index in [1.807, 2.05) is 0 Å². The first-order chi connectivity index (χ1) is 8.99. The van der Waals surface area contributed by atoms with Gasteiger partial charge in [-0.2, -0.15) is 4.39 Å². The van der Waals surface area contributed by atoms with E-state index in [1.54, 1.807) is 18.2 Å². The fourth-order valence-corrected chi connectivity index (χ4v) is 2.29. The summed E-state index contributed by atoms with van der Waals surface area (Å²) in [6.07, 6.45) is 0.931. The Kier molecular flexibility index (Phi) is 4.02. The lowest BCUT2D eigenvalue weighted by atomic mass is 10.0. The van der Waals surface area contributed by atoms with Crippen molar-refractivity contribution in [2.24, 2.45) is 0 Å². The number of nitrogens with zero attached hydrogens (tertiary/aromatic N) is 1. The third kappa shape index (κ3) is 3.03. The van der Waals surface area contributed by atoms with E-state index in [1.165, 1.54) is 12.3 Å². The third-order valence-corrected chi connectivity index (χ3v) is 3.11. The molecule has 98 valence electrons. The molecule has 0 bridgehead atoms. The van der Waals surface area contributed by atoms with E-state index in [4.69, 9.17) is 28.3 Å². The van der Waals surface area contributed by atoms with Crippen LogP contribution in [0, 0.1) is 5.95 Å². The van der Waals surface area contributed by atoms with Crippen molar-refractivity contribution < 1.29 is 14.3 Å². The molecule has 1 aromatic heterocycles. The molecule has 19 heavy (non-hydrogen) atoms. The maximum Gasteiger partial charge on any atom is 0.307 e. The van der Waals surface area contributed by atoms with E-state index in [-0.39, 0.29) is 22.0 Å². The number of carboxylic acids is 1. The summed E-state index contributed by atoms with van der Waals surface area (Å²) in [5, 5.41) is 9.29. The van der Waals surface area contributed by atoms with Gasteiger partial charge in [-0.05, 0) is 23.8 Å². The molecular formula is C13H8Cl2FNO2. The molecule has 1 aromatic carbocycles. The average molecular weight is 300 g/mol. The summed E-state index contributed by atoms with van der Waals surface area (Å²) in [5.74, 6) is -1.77. The van der Waals surface area contributed by atoms with Gasteiger partial charge >= 0.3 is 5.97 Å². The highest BCUT2D eigenvalue weighted by Gasteiger charge is 2.15. The minimum atomic E-state index is -1.02. The molecule has 0 unspecified atom stereocenters. The molecule has 0 aliphatic heterocycles. The molecule has 0 aliphatic rings. The minimum Gasteiger partial charge on any atom is -0.481 e. The predicted molar refractivity (Wildman–Crippen MR) is 71.0 cm³/mol. The van der Waals surface area contributed by atoms with Crippen LogP contribution in [-0.4, -0.2) is 16.1 Å². The quantitative estimate of drug-likeness (QED) is 0.877. The second-order valence-electron chi connectivity index (χ2n) is 3.85. The molecule has 0 amide bonds. The van der Waals surface area contributed by atoms with Crippen LogP contribution in [0.4, 0.5) is 4.39 Å². The SMILES string of the molecule is O=C(O)Cc1cnc(F)c(-c2c(Cl)cccc2Cl)c1. The molecule has 1 heterocycles. The van der Waals surface area contributed by atoms with Crippen molar-refractivity contribution in [3.8, 4) is 11.1 Å². The van der Waals surface area contributed by atoms with Gasteiger partial charge in [0.05, 0.1) is 16.5 Å². The monoisotopic (exact) mass is 299 g/mol. The highest BCUT2D eigenvalue weighted by atomic mass is 35.5. The summed E-state index contributed by atoms with van der Waals surface area (Å²) in [6.45, 7) is 0. The number of benzene rings is 1. The van der Waals surface area contributed by atoms with Crippen molar-refractivity contribution in [2.75, 3.05) is 0 Å². The average Bonchev–Trinajstić information content (AvgIpc) is 2.32. The van der Waals surface area contributed by atoms with Crippen molar-refractivity contribution in [1.29, 1.82) is 0 Å². The Hall–Kier alpha value is -1.65. The van der Waals surface area contributed by atoms with Gasteiger partial charge in [0.2, 0.25) is 5.95 Å². The first-order valence-corrected chi connectivity index (χ1v) is 6.05. The number of carbonyl (C=O) groups is 1. The van der Waals surface area contributed by atoms with E-state index in [2.05, 4.69) is 4.98 Å². The number of aromatic nitrogens is 1. The van der Waals surface area contributed by atoms with Gasteiger partial charge in [0, 0.05) is 17.3 Å². The number of carboxylic acid groups (broad SMARTS) is 1. The summed E-state index contributed by atoms with van der Waals surface area (Å²) >= 11 is 12.0. The molecule has 0 saturated carbocycles. The molecule has 3 nitrogen and oxygen atoms in total. The van der Waals surface area contributed by atoms with E-state index >= 15 is 0 Å². The van der Waals surface area contributed by atoms with Gasteiger partial charge in [-0.1, -0.05) is 29.3 Å². The zero-order chi connectivity index (χ0) is 14.0. The van der Waals surface area contributed by atoms with Gasteiger partial charge in [0.1, 0.15) is 0 Å². The first-order valence-electron chi connectivity index (χ1n) is 5.29. The second kappa shape index (κ2) is 5.55. The van der Waals surface area contributed by atoms with Crippen LogP contribution in [0.25, 0.3) is 11.1 Å². The Morgan fingerprint density at radius 2 is 1.95 bits per heavy atom. The predicted octanol–water partition coefficient (Wildman–Crippen LogP) is 3.82. The van der Waals surface area contributed by atoms with Crippen LogP contribution in [-0.2, 0) is 11.2 Å². The third-order valence-electron chi connectivity index (χ3n) is 2.48. The summed E-state index contributed by atoms with van der Waals surface area (Å²) in [4.78, 5) is 14.2. The first kappa shape index (κ1) is 13.8. The Morgan fingerprint density at radius 3 is 2.53 bits per heavy atom. The Bertz CT molecular complexity index is 626. The number of rotatable bonds is 3. The number of aliphatic carboxylic acids is 1. The van der Waals surface area contributed by atoms with Gasteiger partial charge in [-0.25, -0.2) is 4.98 Å². The molecule has 2 rings (SSSR count). The van der Waals surface area contributed by atoms with Crippen LogP contribution < -0.4 is 0 Å². The van der Waals surface area contributed by atoms with Crippen LogP contribution in [0.2, 0.25) is 10.0 Å². The topological polar surface area (TPSA) is 50.2 Å². The van der Waals surface area contributed by atoms with Gasteiger partial charge in [-0.3, -0.25) is 4.79 Å². The van der Waals surface area contributed by atoms with Crippen molar-refractivity contribution in [1.82, 2.24) is 4.98 Å². The molecule has 0 fully saturated rings. The highest BCUT2D eigenvalue weighted by molar-refractivity contribution is 6.39. The highest BCUT2D eigenvalue weighted by Crippen LogP contribution is 2.35. The summed E-state index contributed by atoms with van der Waals surface area (Å²) in [7, 11) is 0.